The molecule has 2 amide bonds. The molecule has 0 aromatic carbocycles. The van der Waals surface area contributed by atoms with Crippen molar-refractivity contribution in [3.05, 3.63) is 128 Å². The van der Waals surface area contributed by atoms with Crippen LogP contribution in [0.4, 0.5) is 0 Å². The van der Waals surface area contributed by atoms with Gasteiger partial charge in [0.1, 0.15) is 97.5 Å². The van der Waals surface area contributed by atoms with Gasteiger partial charge in [0.05, 0.1) is 31.8 Å². The predicted octanol–water partition coefficient (Wildman–Crippen LogP) is 6.28. The highest BCUT2D eigenvalue weighted by Gasteiger charge is 2.56. The van der Waals surface area contributed by atoms with E-state index in [1.807, 2.05) is 6.92 Å². The van der Waals surface area contributed by atoms with Crippen LogP contribution in [0.1, 0.15) is 225 Å². The summed E-state index contributed by atoms with van der Waals surface area (Å²) in [5.74, 6) is -6.20. The molecule has 4 fully saturated rings. The van der Waals surface area contributed by atoms with Crippen LogP contribution in [-0.4, -0.2) is 212 Å². The second-order valence-electron chi connectivity index (χ2n) is 31.2. The summed E-state index contributed by atoms with van der Waals surface area (Å²) < 4.78 is 78.7. The van der Waals surface area contributed by atoms with Crippen molar-refractivity contribution in [2.75, 3.05) is 19.8 Å². The number of rotatable bonds is 49. The van der Waals surface area contributed by atoms with E-state index in [1.54, 1.807) is 6.92 Å². The van der Waals surface area contributed by atoms with Crippen molar-refractivity contribution in [1.29, 1.82) is 0 Å². The van der Waals surface area contributed by atoms with Crippen LogP contribution in [0.15, 0.2) is 128 Å². The number of ether oxygens (including phenoxy) is 7. The third-order valence-corrected chi connectivity index (χ3v) is 22.9. The number of amides is 2. The fraction of sp³-hybridized carbons (Fsp3) is 0.687. The summed E-state index contributed by atoms with van der Waals surface area (Å²) in [5.41, 5.74) is 14.7. The van der Waals surface area contributed by atoms with E-state index < -0.39 is 182 Å². The van der Waals surface area contributed by atoms with Crippen LogP contribution < -0.4 is 30.6 Å². The molecule has 4 aliphatic rings. The van der Waals surface area contributed by atoms with E-state index in [9.17, 15) is 94.3 Å². The third kappa shape index (κ3) is 37.3. The number of aliphatic carboxylic acids is 2. The summed E-state index contributed by atoms with van der Waals surface area (Å²) in [6.07, 6.45) is 4.39. The largest absolute Gasteiger partial charge is 0.756 e. The van der Waals surface area contributed by atoms with E-state index in [0.29, 0.717) is 18.4 Å². The zero-order chi connectivity index (χ0) is 86.7. The molecule has 11 N–H and O–H groups in total. The number of hydrogen-bond donors (Lipinski definition) is 11. The van der Waals surface area contributed by atoms with Crippen LogP contribution in [0.2, 0.25) is 0 Å². The van der Waals surface area contributed by atoms with Crippen LogP contribution in [0.25, 0.3) is 0 Å². The fourth-order valence-corrected chi connectivity index (χ4v) is 15.4. The monoisotopic (exact) mass is 1680 g/mol. The number of carbonyl (C=O) groups excluding carboxylic acids is 4. The summed E-state index contributed by atoms with van der Waals surface area (Å²) in [4.78, 5) is 75.2. The number of phosphoric acid groups is 2. The van der Waals surface area contributed by atoms with Gasteiger partial charge in [0.2, 0.25) is 11.8 Å². The Hall–Kier alpha value is -5.36. The second-order valence-corrected chi connectivity index (χ2v) is 34.1. The van der Waals surface area contributed by atoms with Crippen LogP contribution in [-0.2, 0) is 74.8 Å². The molecule has 4 rings (SSSR count). The standard InChI is InChI=1S/C83H134N2O29P2/c1-49(2)25-15-26-50(3)27-16-28-51(4)29-17-30-52(5)31-18-32-53(6)33-19-34-54(7)35-20-36-55(8)37-21-38-56(9)39-22-40-57(10)41-23-42-58(11)43-24-44-59(12)45-46-106-115(101,102)114-116(103,104)113-81-64(84-60(13)87)68(91)66(89)63(108-81)48-105-80-65(85-61(14)88)74(67(90)62(47-86)107-80)109-83-73(96)71(94)75(77(112-83)79(99)100)110-82-72(95)69(92)70(93)76(111-82)78(97)98/h25,27,29,31,33,35,37,39,41,43,45,62-77,80-83,86,89-96H,15-24,26,28,30,32,34,36,38,40,42,44,46-48H2,1-14H3,(H,84,87)(H,85,88)(H,97,98)(H,99,100)(H,101,102)(H,103,104)/p-4/b50-27+,51-29+,52-31-,53-33-,54-35-,55-37-,56-39-,57-41-,58-43-,59-45-/t62-,63-,64-,65-,66+,67+,68-,69+,70+,71-,72-,73-,74-,75+,76+,77+,80+,81-,82-,83-/m1/s1. The van der Waals surface area contributed by atoms with Gasteiger partial charge in [-0.15, -0.1) is 0 Å². The number of allylic oxidation sites excluding steroid dienone is 21. The molecule has 660 valence electrons. The van der Waals surface area contributed by atoms with Gasteiger partial charge in [0.15, 0.2) is 25.2 Å². The highest BCUT2D eigenvalue weighted by molar-refractivity contribution is 7.59. The van der Waals surface area contributed by atoms with Crippen LogP contribution in [0.5, 0.6) is 0 Å². The summed E-state index contributed by atoms with van der Waals surface area (Å²) in [7, 11) is -11.9. The van der Waals surface area contributed by atoms with Gasteiger partial charge in [-0.1, -0.05) is 128 Å². The molecular weight excluding hydrogens is 1550 g/mol. The molecule has 0 spiro atoms. The lowest BCUT2D eigenvalue weighted by Crippen LogP contribution is -2.70. The first-order valence-corrected chi connectivity index (χ1v) is 42.9. The molecule has 0 aromatic rings. The van der Waals surface area contributed by atoms with Gasteiger partial charge >= 0.3 is 0 Å². The molecule has 0 aliphatic carbocycles. The Balaban J connectivity index is 1.20. The van der Waals surface area contributed by atoms with Gasteiger partial charge in [-0.25, -0.2) is 4.31 Å². The minimum absolute atomic E-state index is 0.497. The third-order valence-electron chi connectivity index (χ3n) is 20.4. The van der Waals surface area contributed by atoms with E-state index >= 15 is 0 Å². The van der Waals surface area contributed by atoms with Crippen molar-refractivity contribution in [2.45, 2.75) is 348 Å². The van der Waals surface area contributed by atoms with Crippen molar-refractivity contribution in [1.82, 2.24) is 10.6 Å². The van der Waals surface area contributed by atoms with Gasteiger partial charge < -0.3 is 124 Å². The van der Waals surface area contributed by atoms with Gasteiger partial charge in [0, 0.05) is 13.8 Å². The quantitative estimate of drug-likeness (QED) is 0.0236. The Morgan fingerprint density at radius 3 is 1.09 bits per heavy atom. The lowest BCUT2D eigenvalue weighted by molar-refractivity contribution is -0.389. The molecule has 4 saturated heterocycles. The first-order valence-electron chi connectivity index (χ1n) is 40.0. The van der Waals surface area contributed by atoms with Crippen molar-refractivity contribution in [3.8, 4) is 0 Å². The first-order chi connectivity index (χ1) is 54.5. The van der Waals surface area contributed by atoms with E-state index in [2.05, 4.69) is 145 Å². The Bertz CT molecular complexity index is 3580. The zero-order valence-electron chi connectivity index (χ0n) is 69.7. The number of hydrogen-bond acceptors (Lipinski definition) is 29. The smallest absolute Gasteiger partial charge is 0.276 e. The minimum Gasteiger partial charge on any atom is -0.756 e. The van der Waals surface area contributed by atoms with E-state index in [0.717, 1.165) is 135 Å². The molecule has 0 radical (unpaired) electrons. The highest BCUT2D eigenvalue weighted by Crippen LogP contribution is 2.57. The van der Waals surface area contributed by atoms with Crippen molar-refractivity contribution in [3.63, 3.8) is 0 Å². The summed E-state index contributed by atoms with van der Waals surface area (Å²) in [6, 6.07) is -3.83. The number of aliphatic hydroxyl groups is 9. The van der Waals surface area contributed by atoms with Crippen molar-refractivity contribution in [2.24, 2.45) is 0 Å². The summed E-state index contributed by atoms with van der Waals surface area (Å²) >= 11 is 0. The molecule has 4 heterocycles. The molecule has 31 nitrogen and oxygen atoms in total. The zero-order valence-corrected chi connectivity index (χ0v) is 71.5. The van der Waals surface area contributed by atoms with Crippen molar-refractivity contribution < 1.29 is 141 Å². The Kier molecular flexibility index (Phi) is 46.2. The molecule has 0 saturated carbocycles. The van der Waals surface area contributed by atoms with Gasteiger partial charge in [-0.2, -0.15) is 0 Å². The summed E-state index contributed by atoms with van der Waals surface area (Å²) in [6.45, 7) is 25.0. The normalized spacial score (nSPS) is 30.4. The number of carboxylic acid groups (broad SMARTS) is 2. The van der Waals surface area contributed by atoms with Gasteiger partial charge in [-0.05, 0) is 212 Å². The average molecular weight is 1680 g/mol. The summed E-state index contributed by atoms with van der Waals surface area (Å²) in [5, 5.41) is 126. The molecule has 22 atom stereocenters. The fourth-order valence-electron chi connectivity index (χ4n) is 13.3. The van der Waals surface area contributed by atoms with Crippen LogP contribution in [0, 0.1) is 0 Å². The topological polar surface area (TPSA) is 493 Å². The number of carbonyl (C=O) groups is 4. The average Bonchev–Trinajstić information content (AvgIpc) is 0.773. The number of carboxylic acids is 2. The second kappa shape index (κ2) is 52.1. The van der Waals surface area contributed by atoms with Crippen LogP contribution in [0.3, 0.4) is 0 Å². The molecule has 2 unspecified atom stereocenters. The molecule has 33 heteroatoms. The highest BCUT2D eigenvalue weighted by atomic mass is 31.3. The molecule has 0 bridgehead atoms. The van der Waals surface area contributed by atoms with Crippen molar-refractivity contribution >= 4 is 39.4 Å². The lowest BCUT2D eigenvalue weighted by Gasteiger charge is -2.49. The molecular formula is C83H130N2O29P2-4. The van der Waals surface area contributed by atoms with E-state index in [-0.39, 0.29) is 0 Å². The van der Waals surface area contributed by atoms with Crippen LogP contribution >= 0.6 is 15.6 Å². The Morgan fingerprint density at radius 1 is 0.371 bits per heavy atom. The molecule has 0 aromatic heterocycles. The maximum absolute atomic E-state index is 13.3. The van der Waals surface area contributed by atoms with Gasteiger partial charge in [-0.3, -0.25) is 23.2 Å². The maximum Gasteiger partial charge on any atom is 0.276 e. The number of nitrogens with one attached hydrogen (secondary N) is 2. The predicted molar refractivity (Wildman–Crippen MR) is 423 cm³/mol. The maximum atomic E-state index is 13.3. The first kappa shape index (κ1) is 103. The number of aliphatic hydroxyl groups excluding tert-OH is 9. The lowest BCUT2D eigenvalue weighted by atomic mass is 9.94. The number of phosphoric ester groups is 2. The minimum atomic E-state index is -6.15. The van der Waals surface area contributed by atoms with E-state index in [1.165, 1.54) is 56.2 Å². The van der Waals surface area contributed by atoms with Gasteiger partial charge in [0.25, 0.3) is 15.6 Å². The Labute approximate surface area is 683 Å². The van der Waals surface area contributed by atoms with E-state index in [4.69, 9.17) is 42.2 Å². The SMILES string of the molecule is CC(=O)N[C@H]1[C@@H](OP(=O)([O-])OP(=O)([O-])OC/C=C(/C)CC/C=C(/C)CC/C=C(/C)CC/C=C(/C)CC/C=C(/C)CC/C=C(/C)CC/C=C(/C)CC/C=C(/C)CC/C=C(\C)CC/C=C(\C)CCC=C(C)C)O[C@H](CO[C@H]2O[C@H](CO)[C@H](O)[C@H](O[C@@H]3O[C@H](C(=O)[O-])[C@@H](O[C@@H]4O[C@H](C(=O)[O-])[C@@H](O)[C@H](O)[C@H]4O)[C@H](O)[C@H]3O)[C@H]2NC(C)=O)[C@H](O)[C@@H]1O. The molecule has 4 aliphatic heterocycles. The molecule has 116 heavy (non-hydrogen) atoms. The Morgan fingerprint density at radius 2 is 0.716 bits per heavy atom.